The average molecular weight is 359 g/mol. The number of allylic oxidation sites excluding steroid dienone is 1. The van der Waals surface area contributed by atoms with Crippen LogP contribution in [0.2, 0.25) is 0 Å². The van der Waals surface area contributed by atoms with Crippen LogP contribution in [0.1, 0.15) is 45.4 Å². The van der Waals surface area contributed by atoms with Crippen LogP contribution < -0.4 is 0 Å². The summed E-state index contributed by atoms with van der Waals surface area (Å²) >= 11 is 3.72. The van der Waals surface area contributed by atoms with Gasteiger partial charge in [0.1, 0.15) is 12.4 Å². The molecule has 1 N–H and O–H groups in total. The van der Waals surface area contributed by atoms with E-state index in [9.17, 15) is 4.79 Å². The summed E-state index contributed by atoms with van der Waals surface area (Å²) in [5, 5.41) is 8.90. The third kappa shape index (κ3) is 4.10. The van der Waals surface area contributed by atoms with Crippen LogP contribution >= 0.6 is 15.9 Å². The first-order valence-corrected chi connectivity index (χ1v) is 9.13. The summed E-state index contributed by atoms with van der Waals surface area (Å²) in [6.45, 7) is 2.43. The summed E-state index contributed by atoms with van der Waals surface area (Å²) < 4.78 is 5.99. The number of hydrogen-bond acceptors (Lipinski definition) is 3. The first-order valence-electron chi connectivity index (χ1n) is 8.21. The standard InChI is InChI=1S/C17H27BrO3/c1-2-12(4-3-7-19)6-9-21-16-10-13(5-8-20)17-14(16)11-15(17)18/h6,8-9,12-17,19H,2-5,7,10-11H2,1H3/b9-6+. The van der Waals surface area contributed by atoms with Gasteiger partial charge >= 0.3 is 0 Å². The molecule has 0 spiro atoms. The molecule has 0 bridgehead atoms. The zero-order valence-electron chi connectivity index (χ0n) is 12.8. The Hall–Kier alpha value is -0.350. The van der Waals surface area contributed by atoms with Gasteiger partial charge in [-0.25, -0.2) is 0 Å². The molecule has 4 heteroatoms. The highest BCUT2D eigenvalue weighted by Gasteiger charge is 2.54. The molecule has 0 aromatic carbocycles. The van der Waals surface area contributed by atoms with Crippen LogP contribution in [-0.4, -0.2) is 28.9 Å². The molecule has 2 rings (SSSR count). The van der Waals surface area contributed by atoms with Crippen LogP contribution in [0.3, 0.4) is 0 Å². The molecule has 0 saturated heterocycles. The highest BCUT2D eigenvalue weighted by Crippen LogP contribution is 2.55. The van der Waals surface area contributed by atoms with Gasteiger partial charge in [0.05, 0.1) is 6.26 Å². The number of alkyl halides is 1. The van der Waals surface area contributed by atoms with E-state index in [1.165, 1.54) is 6.42 Å². The van der Waals surface area contributed by atoms with Crippen LogP contribution in [0.25, 0.3) is 0 Å². The number of fused-ring (bicyclic) bond motifs is 1. The second-order valence-corrected chi connectivity index (χ2v) is 7.60. The summed E-state index contributed by atoms with van der Waals surface area (Å²) in [6, 6.07) is 0. The third-order valence-electron chi connectivity index (χ3n) is 5.23. The molecule has 0 heterocycles. The fourth-order valence-electron chi connectivity index (χ4n) is 3.90. The number of ether oxygens (including phenoxy) is 1. The van der Waals surface area contributed by atoms with Crippen molar-refractivity contribution in [2.24, 2.45) is 23.7 Å². The molecule has 0 radical (unpaired) electrons. The monoisotopic (exact) mass is 358 g/mol. The van der Waals surface area contributed by atoms with Gasteiger partial charge in [-0.15, -0.1) is 0 Å². The lowest BCUT2D eigenvalue weighted by Gasteiger charge is -2.40. The Morgan fingerprint density at radius 2 is 2.24 bits per heavy atom. The maximum absolute atomic E-state index is 10.8. The second kappa shape index (κ2) is 8.33. The molecule has 3 nitrogen and oxygen atoms in total. The molecule has 2 saturated carbocycles. The minimum absolute atomic E-state index is 0.261. The van der Waals surface area contributed by atoms with Gasteiger partial charge < -0.3 is 14.6 Å². The third-order valence-corrected chi connectivity index (χ3v) is 6.21. The van der Waals surface area contributed by atoms with Crippen molar-refractivity contribution in [1.29, 1.82) is 0 Å². The van der Waals surface area contributed by atoms with Crippen LogP contribution in [0.5, 0.6) is 0 Å². The first kappa shape index (κ1) is 17.0. The SMILES string of the molecule is CCC(/C=C/OC1CC(CC=O)C2C(Br)CC12)CCCO. The Bertz CT molecular complexity index is 358. The fraction of sp³-hybridized carbons (Fsp3) is 0.824. The van der Waals surface area contributed by atoms with Gasteiger partial charge in [0.15, 0.2) is 0 Å². The van der Waals surface area contributed by atoms with Gasteiger partial charge in [-0.05, 0) is 55.9 Å². The minimum Gasteiger partial charge on any atom is -0.498 e. The lowest BCUT2D eigenvalue weighted by molar-refractivity contribution is -0.109. The summed E-state index contributed by atoms with van der Waals surface area (Å²) in [5.41, 5.74) is 0. The Morgan fingerprint density at radius 1 is 1.43 bits per heavy atom. The van der Waals surface area contributed by atoms with E-state index in [-0.39, 0.29) is 12.7 Å². The van der Waals surface area contributed by atoms with Gasteiger partial charge in [-0.2, -0.15) is 0 Å². The average Bonchev–Trinajstić information content (AvgIpc) is 2.74. The molecule has 0 aromatic heterocycles. The van der Waals surface area contributed by atoms with E-state index in [1.807, 2.05) is 6.26 Å². The second-order valence-electron chi connectivity index (χ2n) is 6.43. The van der Waals surface area contributed by atoms with Gasteiger partial charge in [0.2, 0.25) is 0 Å². The Balaban J connectivity index is 1.81. The lowest BCUT2D eigenvalue weighted by Crippen LogP contribution is -2.40. The molecule has 0 amide bonds. The molecular formula is C17H27BrO3. The molecule has 120 valence electrons. The predicted molar refractivity (Wildman–Crippen MR) is 87.2 cm³/mol. The van der Waals surface area contributed by atoms with Crippen molar-refractivity contribution in [3.05, 3.63) is 12.3 Å². The smallest absolute Gasteiger partial charge is 0.120 e. The Morgan fingerprint density at radius 3 is 2.86 bits per heavy atom. The van der Waals surface area contributed by atoms with Crippen molar-refractivity contribution in [2.45, 2.75) is 56.4 Å². The van der Waals surface area contributed by atoms with E-state index >= 15 is 0 Å². The number of carbonyl (C=O) groups is 1. The van der Waals surface area contributed by atoms with Crippen LogP contribution in [0.4, 0.5) is 0 Å². The zero-order chi connectivity index (χ0) is 15.2. The van der Waals surface area contributed by atoms with Crippen LogP contribution in [0.15, 0.2) is 12.3 Å². The quantitative estimate of drug-likeness (QED) is 0.388. The molecule has 2 fully saturated rings. The van der Waals surface area contributed by atoms with E-state index < -0.39 is 0 Å². The molecule has 0 aromatic rings. The van der Waals surface area contributed by atoms with Crippen LogP contribution in [-0.2, 0) is 9.53 Å². The zero-order valence-corrected chi connectivity index (χ0v) is 14.4. The molecule has 6 atom stereocenters. The van der Waals surface area contributed by atoms with E-state index in [1.54, 1.807) is 0 Å². The first-order chi connectivity index (χ1) is 10.2. The van der Waals surface area contributed by atoms with Crippen LogP contribution in [0, 0.1) is 23.7 Å². The molecule has 2 aliphatic rings. The number of aliphatic hydroxyl groups is 1. The van der Waals surface area contributed by atoms with Gasteiger partial charge in [0.25, 0.3) is 0 Å². The van der Waals surface area contributed by atoms with Crippen molar-refractivity contribution < 1.29 is 14.6 Å². The summed E-state index contributed by atoms with van der Waals surface area (Å²) in [6.07, 6.45) is 11.1. The molecule has 2 aliphatic carbocycles. The summed E-state index contributed by atoms with van der Waals surface area (Å²) in [7, 11) is 0. The number of halogens is 1. The Kier molecular flexibility index (Phi) is 6.74. The maximum atomic E-state index is 10.8. The van der Waals surface area contributed by atoms with Gasteiger partial charge in [-0.3, -0.25) is 0 Å². The van der Waals surface area contributed by atoms with Gasteiger partial charge in [0, 0.05) is 23.8 Å². The summed E-state index contributed by atoms with van der Waals surface area (Å²) in [4.78, 5) is 11.4. The normalized spacial score (nSPS) is 36.2. The van der Waals surface area contributed by atoms with E-state index in [4.69, 9.17) is 9.84 Å². The topological polar surface area (TPSA) is 46.5 Å². The van der Waals surface area contributed by atoms with E-state index in [0.29, 0.717) is 34.9 Å². The molecular weight excluding hydrogens is 332 g/mol. The minimum atomic E-state index is 0.261. The maximum Gasteiger partial charge on any atom is 0.120 e. The molecule has 21 heavy (non-hydrogen) atoms. The number of hydrogen-bond donors (Lipinski definition) is 1. The fourth-order valence-corrected chi connectivity index (χ4v) is 5.16. The number of rotatable bonds is 9. The highest BCUT2D eigenvalue weighted by molar-refractivity contribution is 9.09. The molecule has 0 aliphatic heterocycles. The van der Waals surface area contributed by atoms with E-state index in [0.717, 1.165) is 32.0 Å². The number of aldehydes is 1. The van der Waals surface area contributed by atoms with Crippen molar-refractivity contribution >= 4 is 22.2 Å². The van der Waals surface area contributed by atoms with Crippen molar-refractivity contribution in [1.82, 2.24) is 0 Å². The van der Waals surface area contributed by atoms with Crippen molar-refractivity contribution in [2.75, 3.05) is 6.61 Å². The van der Waals surface area contributed by atoms with Crippen molar-refractivity contribution in [3.63, 3.8) is 0 Å². The van der Waals surface area contributed by atoms with Gasteiger partial charge in [-0.1, -0.05) is 22.9 Å². The summed E-state index contributed by atoms with van der Waals surface area (Å²) in [5.74, 6) is 2.21. The largest absolute Gasteiger partial charge is 0.498 e. The lowest BCUT2D eigenvalue weighted by atomic mass is 9.71. The number of carbonyl (C=O) groups excluding carboxylic acids is 1. The Labute approximate surface area is 136 Å². The highest BCUT2D eigenvalue weighted by atomic mass is 79.9. The number of aliphatic hydroxyl groups excluding tert-OH is 1. The van der Waals surface area contributed by atoms with Crippen molar-refractivity contribution in [3.8, 4) is 0 Å². The van der Waals surface area contributed by atoms with E-state index in [2.05, 4.69) is 28.9 Å². The predicted octanol–water partition coefficient (Wildman–Crippen LogP) is 3.69. The molecule has 6 unspecified atom stereocenters.